The lowest BCUT2D eigenvalue weighted by molar-refractivity contribution is 0.0662. The van der Waals surface area contributed by atoms with Gasteiger partial charge in [-0.3, -0.25) is 10.2 Å². The van der Waals surface area contributed by atoms with Gasteiger partial charge >= 0.3 is 0 Å². The number of carbonyl (C=O) groups excluding carboxylic acids is 1. The molecule has 0 atom stereocenters. The molecule has 0 bridgehead atoms. The molecule has 110 valence electrons. The highest BCUT2D eigenvalue weighted by Crippen LogP contribution is 2.16. The van der Waals surface area contributed by atoms with E-state index in [2.05, 4.69) is 22.4 Å². The van der Waals surface area contributed by atoms with Crippen LogP contribution in [0.3, 0.4) is 0 Å². The van der Waals surface area contributed by atoms with E-state index in [-0.39, 0.29) is 5.91 Å². The van der Waals surface area contributed by atoms with Gasteiger partial charge in [0.25, 0.3) is 5.91 Å². The second-order valence-electron chi connectivity index (χ2n) is 5.16. The van der Waals surface area contributed by atoms with Crippen molar-refractivity contribution < 1.29 is 4.79 Å². The molecule has 0 unspecified atom stereocenters. The standard InChI is InChI=1S/C13H20ClN5O/c1-17(2)12-9-10(8-11(14)15-12)13(20)16-19-6-4-18(3)5-7-19/h8-9H,4-7H2,1-3H3,(H,16,20). The summed E-state index contributed by atoms with van der Waals surface area (Å²) in [6.45, 7) is 3.53. The first-order valence-electron chi connectivity index (χ1n) is 6.55. The minimum Gasteiger partial charge on any atom is -0.363 e. The fourth-order valence-electron chi connectivity index (χ4n) is 1.97. The number of pyridine rings is 1. The molecule has 1 N–H and O–H groups in total. The summed E-state index contributed by atoms with van der Waals surface area (Å²) < 4.78 is 0. The van der Waals surface area contributed by atoms with Crippen LogP contribution < -0.4 is 10.3 Å². The molecule has 0 aliphatic carbocycles. The van der Waals surface area contributed by atoms with E-state index in [0.717, 1.165) is 26.2 Å². The zero-order valence-corrected chi connectivity index (χ0v) is 12.8. The van der Waals surface area contributed by atoms with Gasteiger partial charge in [0.15, 0.2) is 0 Å². The highest BCUT2D eigenvalue weighted by atomic mass is 35.5. The normalized spacial score (nSPS) is 17.0. The van der Waals surface area contributed by atoms with Gasteiger partial charge in [-0.15, -0.1) is 0 Å². The molecular formula is C13H20ClN5O. The Labute approximate surface area is 124 Å². The van der Waals surface area contributed by atoms with Gasteiger partial charge in [0, 0.05) is 45.8 Å². The van der Waals surface area contributed by atoms with E-state index in [1.54, 1.807) is 12.1 Å². The van der Waals surface area contributed by atoms with Crippen molar-refractivity contribution in [3.05, 3.63) is 22.8 Å². The molecule has 6 nitrogen and oxygen atoms in total. The van der Waals surface area contributed by atoms with Crippen molar-refractivity contribution >= 4 is 23.3 Å². The number of carbonyl (C=O) groups is 1. The number of hydrogen-bond donors (Lipinski definition) is 1. The zero-order valence-electron chi connectivity index (χ0n) is 12.1. The molecule has 0 aromatic carbocycles. The molecule has 2 heterocycles. The molecule has 1 saturated heterocycles. The maximum absolute atomic E-state index is 12.3. The SMILES string of the molecule is CN1CCN(NC(=O)c2cc(Cl)nc(N(C)C)c2)CC1. The lowest BCUT2D eigenvalue weighted by Crippen LogP contribution is -2.52. The van der Waals surface area contributed by atoms with Gasteiger partial charge in [0.05, 0.1) is 0 Å². The van der Waals surface area contributed by atoms with Crippen LogP contribution in [0.15, 0.2) is 12.1 Å². The molecule has 2 rings (SSSR count). The molecule has 0 saturated carbocycles. The lowest BCUT2D eigenvalue weighted by Gasteiger charge is -2.32. The summed E-state index contributed by atoms with van der Waals surface area (Å²) in [5.74, 6) is 0.517. The third kappa shape index (κ3) is 3.82. The van der Waals surface area contributed by atoms with Crippen LogP contribution >= 0.6 is 11.6 Å². The Kier molecular flexibility index (Phi) is 4.80. The number of piperazine rings is 1. The van der Waals surface area contributed by atoms with E-state index in [1.807, 2.05) is 24.0 Å². The molecule has 1 aliphatic heterocycles. The van der Waals surface area contributed by atoms with Crippen molar-refractivity contribution in [2.24, 2.45) is 0 Å². The van der Waals surface area contributed by atoms with Crippen molar-refractivity contribution in [1.29, 1.82) is 0 Å². The number of aromatic nitrogens is 1. The van der Waals surface area contributed by atoms with Crippen LogP contribution in [-0.4, -0.2) is 68.1 Å². The number of likely N-dealkylation sites (N-methyl/N-ethyl adjacent to an activating group) is 1. The molecule has 0 radical (unpaired) electrons. The summed E-state index contributed by atoms with van der Waals surface area (Å²) in [6, 6.07) is 3.32. The van der Waals surface area contributed by atoms with E-state index < -0.39 is 0 Å². The second-order valence-corrected chi connectivity index (χ2v) is 5.55. The number of halogens is 1. The number of hydrogen-bond acceptors (Lipinski definition) is 5. The summed E-state index contributed by atoms with van der Waals surface area (Å²) in [4.78, 5) is 20.5. The predicted octanol–water partition coefficient (Wildman–Crippen LogP) is 0.693. The van der Waals surface area contributed by atoms with Crippen LogP contribution in [0.4, 0.5) is 5.82 Å². The van der Waals surface area contributed by atoms with Gasteiger partial charge in [-0.25, -0.2) is 9.99 Å². The van der Waals surface area contributed by atoms with Gasteiger partial charge in [0.1, 0.15) is 11.0 Å². The topological polar surface area (TPSA) is 51.7 Å². The van der Waals surface area contributed by atoms with E-state index in [4.69, 9.17) is 11.6 Å². The second kappa shape index (κ2) is 6.39. The fourth-order valence-corrected chi connectivity index (χ4v) is 2.17. The summed E-state index contributed by atoms with van der Waals surface area (Å²) >= 11 is 5.96. The van der Waals surface area contributed by atoms with Gasteiger partial charge in [-0.1, -0.05) is 11.6 Å². The first-order valence-corrected chi connectivity index (χ1v) is 6.93. The molecule has 20 heavy (non-hydrogen) atoms. The zero-order chi connectivity index (χ0) is 14.7. The van der Waals surface area contributed by atoms with Gasteiger partial charge in [0.2, 0.25) is 0 Å². The highest BCUT2D eigenvalue weighted by molar-refractivity contribution is 6.29. The minimum absolute atomic E-state index is 0.151. The average Bonchev–Trinajstić information content (AvgIpc) is 2.40. The van der Waals surface area contributed by atoms with Crippen molar-refractivity contribution in [2.45, 2.75) is 0 Å². The summed E-state index contributed by atoms with van der Waals surface area (Å²) in [5.41, 5.74) is 3.43. The number of nitrogens with one attached hydrogen (secondary N) is 1. The fraction of sp³-hybridized carbons (Fsp3) is 0.538. The first-order chi connectivity index (χ1) is 9.45. The minimum atomic E-state index is -0.151. The van der Waals surface area contributed by atoms with Gasteiger partial charge in [-0.2, -0.15) is 0 Å². The maximum atomic E-state index is 12.3. The Balaban J connectivity index is 2.05. The Morgan fingerprint density at radius 1 is 1.30 bits per heavy atom. The van der Waals surface area contributed by atoms with Crippen molar-refractivity contribution in [1.82, 2.24) is 20.3 Å². The van der Waals surface area contributed by atoms with E-state index in [9.17, 15) is 4.79 Å². The summed E-state index contributed by atoms with van der Waals surface area (Å²) in [6.07, 6.45) is 0. The van der Waals surface area contributed by atoms with Gasteiger partial charge < -0.3 is 9.80 Å². The largest absolute Gasteiger partial charge is 0.363 e. The quantitative estimate of drug-likeness (QED) is 0.832. The molecular weight excluding hydrogens is 278 g/mol. The van der Waals surface area contributed by atoms with Crippen LogP contribution in [-0.2, 0) is 0 Å². The van der Waals surface area contributed by atoms with Crippen molar-refractivity contribution in [3.8, 4) is 0 Å². The summed E-state index contributed by atoms with van der Waals surface area (Å²) in [5, 5.41) is 2.26. The Morgan fingerprint density at radius 3 is 2.55 bits per heavy atom. The van der Waals surface area contributed by atoms with Crippen LogP contribution in [0.5, 0.6) is 0 Å². The first kappa shape index (κ1) is 15.0. The molecule has 1 aromatic rings. The number of anilines is 1. The van der Waals surface area contributed by atoms with Gasteiger partial charge in [-0.05, 0) is 19.2 Å². The third-order valence-corrected chi connectivity index (χ3v) is 3.46. The van der Waals surface area contributed by atoms with Crippen molar-refractivity contribution in [2.75, 3.05) is 52.2 Å². The Hall–Kier alpha value is -1.37. The van der Waals surface area contributed by atoms with Crippen LogP contribution in [0.25, 0.3) is 0 Å². The van der Waals surface area contributed by atoms with Crippen LogP contribution in [0.2, 0.25) is 5.15 Å². The number of nitrogens with zero attached hydrogens (tertiary/aromatic N) is 4. The number of hydrazine groups is 1. The lowest BCUT2D eigenvalue weighted by atomic mass is 10.2. The van der Waals surface area contributed by atoms with Crippen LogP contribution in [0.1, 0.15) is 10.4 Å². The Morgan fingerprint density at radius 2 is 1.95 bits per heavy atom. The van der Waals surface area contributed by atoms with E-state index in [0.29, 0.717) is 16.5 Å². The molecule has 1 amide bonds. The van der Waals surface area contributed by atoms with E-state index in [1.165, 1.54) is 0 Å². The smallest absolute Gasteiger partial charge is 0.265 e. The average molecular weight is 298 g/mol. The third-order valence-electron chi connectivity index (χ3n) is 3.26. The predicted molar refractivity (Wildman–Crippen MR) is 80.1 cm³/mol. The maximum Gasteiger partial charge on any atom is 0.265 e. The van der Waals surface area contributed by atoms with Crippen LogP contribution in [0, 0.1) is 0 Å². The van der Waals surface area contributed by atoms with E-state index >= 15 is 0 Å². The number of rotatable bonds is 3. The molecule has 7 heteroatoms. The van der Waals surface area contributed by atoms with Crippen molar-refractivity contribution in [3.63, 3.8) is 0 Å². The monoisotopic (exact) mass is 297 g/mol. The Bertz CT molecular complexity index is 486. The number of amides is 1. The highest BCUT2D eigenvalue weighted by Gasteiger charge is 2.17. The molecule has 1 aliphatic rings. The molecule has 0 spiro atoms. The summed E-state index contributed by atoms with van der Waals surface area (Å²) in [7, 11) is 5.80. The molecule has 1 fully saturated rings. The molecule has 1 aromatic heterocycles.